The first-order chi connectivity index (χ1) is 12.7. The number of halogens is 3. The average molecular weight is 376 g/mol. The fourth-order valence-corrected chi connectivity index (χ4v) is 2.67. The van der Waals surface area contributed by atoms with Crippen LogP contribution in [-0.2, 0) is 22.3 Å². The second kappa shape index (κ2) is 7.10. The molecule has 0 aliphatic heterocycles. The predicted molar refractivity (Wildman–Crippen MR) is 94.1 cm³/mol. The molecule has 0 saturated carbocycles. The number of carbonyl (C=O) groups excluding carboxylic acids is 2. The molecule has 0 fully saturated rings. The van der Waals surface area contributed by atoms with Crippen LogP contribution in [0.1, 0.15) is 12.7 Å². The zero-order chi connectivity index (χ0) is 19.6. The van der Waals surface area contributed by atoms with Crippen molar-refractivity contribution in [2.45, 2.75) is 19.6 Å². The Hall–Kier alpha value is -3.36. The van der Waals surface area contributed by atoms with Gasteiger partial charge < -0.3 is 15.2 Å². The molecule has 0 spiro atoms. The van der Waals surface area contributed by atoms with E-state index in [0.29, 0.717) is 11.4 Å². The summed E-state index contributed by atoms with van der Waals surface area (Å²) in [5.74, 6) is -2.06. The molecule has 1 heterocycles. The molecular formula is C18H15F3N4O2. The van der Waals surface area contributed by atoms with Crippen molar-refractivity contribution in [1.82, 2.24) is 9.55 Å². The lowest BCUT2D eigenvalue weighted by Crippen LogP contribution is -2.23. The van der Waals surface area contributed by atoms with Crippen LogP contribution < -0.4 is 10.6 Å². The highest BCUT2D eigenvalue weighted by molar-refractivity contribution is 5.94. The third-order valence-corrected chi connectivity index (χ3v) is 3.68. The van der Waals surface area contributed by atoms with Gasteiger partial charge in [0.05, 0.1) is 11.0 Å². The third kappa shape index (κ3) is 4.25. The maximum absolute atomic E-state index is 13.3. The molecule has 0 saturated heterocycles. The Morgan fingerprint density at radius 3 is 2.37 bits per heavy atom. The van der Waals surface area contributed by atoms with E-state index in [9.17, 15) is 22.8 Å². The topological polar surface area (TPSA) is 76.0 Å². The van der Waals surface area contributed by atoms with Crippen molar-refractivity contribution in [3.8, 4) is 0 Å². The van der Waals surface area contributed by atoms with Crippen molar-refractivity contribution in [2.75, 3.05) is 10.6 Å². The number of hydrogen-bond acceptors (Lipinski definition) is 3. The molecule has 140 valence electrons. The molecule has 2 amide bonds. The number of anilines is 2. The van der Waals surface area contributed by atoms with Crippen molar-refractivity contribution in [3.63, 3.8) is 0 Å². The molecule has 27 heavy (non-hydrogen) atoms. The molecule has 3 rings (SSSR count). The van der Waals surface area contributed by atoms with Gasteiger partial charge in [0.25, 0.3) is 0 Å². The summed E-state index contributed by atoms with van der Waals surface area (Å²) in [6, 6.07) is 12.4. The number of para-hydroxylation sites is 2. The lowest BCUT2D eigenvalue weighted by Gasteiger charge is -2.12. The number of carbonyl (C=O) groups is 2. The number of hydrogen-bond donors (Lipinski definition) is 2. The largest absolute Gasteiger partial charge is 0.449 e. The standard InChI is InChI=1S/C18H15F3N4O2/c1-11(26)22-12-5-4-6-13(9-12)23-16(27)10-25-15-8-3-2-7-14(15)24-17(25)18(19,20)21/h2-9H,10H2,1H3,(H,22,26)(H,23,27). The molecule has 0 unspecified atom stereocenters. The summed E-state index contributed by atoms with van der Waals surface area (Å²) >= 11 is 0. The number of fused-ring (bicyclic) bond motifs is 1. The van der Waals surface area contributed by atoms with E-state index in [2.05, 4.69) is 15.6 Å². The Balaban J connectivity index is 1.85. The van der Waals surface area contributed by atoms with Crippen LogP contribution in [-0.4, -0.2) is 21.4 Å². The van der Waals surface area contributed by atoms with Crippen molar-refractivity contribution in [2.24, 2.45) is 0 Å². The van der Waals surface area contributed by atoms with Gasteiger partial charge in [0, 0.05) is 18.3 Å². The number of imidazole rings is 1. The first kappa shape index (κ1) is 18.4. The van der Waals surface area contributed by atoms with Crippen LogP contribution in [0.5, 0.6) is 0 Å². The van der Waals surface area contributed by atoms with Gasteiger partial charge in [-0.05, 0) is 30.3 Å². The van der Waals surface area contributed by atoms with E-state index in [-0.39, 0.29) is 16.9 Å². The first-order valence-corrected chi connectivity index (χ1v) is 7.94. The Kier molecular flexibility index (Phi) is 4.85. The van der Waals surface area contributed by atoms with Gasteiger partial charge >= 0.3 is 6.18 Å². The number of nitrogens with one attached hydrogen (secondary N) is 2. The number of rotatable bonds is 4. The minimum Gasteiger partial charge on any atom is -0.326 e. The van der Waals surface area contributed by atoms with Gasteiger partial charge in [-0.1, -0.05) is 18.2 Å². The molecule has 0 aliphatic carbocycles. The van der Waals surface area contributed by atoms with Crippen LogP contribution in [0, 0.1) is 0 Å². The molecule has 2 aromatic carbocycles. The van der Waals surface area contributed by atoms with Crippen LogP contribution in [0.4, 0.5) is 24.5 Å². The van der Waals surface area contributed by atoms with Crippen LogP contribution in [0.15, 0.2) is 48.5 Å². The quantitative estimate of drug-likeness (QED) is 0.730. The van der Waals surface area contributed by atoms with Gasteiger partial charge in [0.2, 0.25) is 17.6 Å². The monoisotopic (exact) mass is 376 g/mol. The molecule has 1 aromatic heterocycles. The van der Waals surface area contributed by atoms with Gasteiger partial charge in [-0.25, -0.2) is 4.98 Å². The van der Waals surface area contributed by atoms with Gasteiger partial charge in [0.15, 0.2) is 0 Å². The first-order valence-electron chi connectivity index (χ1n) is 7.94. The van der Waals surface area contributed by atoms with Crippen molar-refractivity contribution < 1.29 is 22.8 Å². The highest BCUT2D eigenvalue weighted by Gasteiger charge is 2.37. The van der Waals surface area contributed by atoms with Gasteiger partial charge in [-0.2, -0.15) is 13.2 Å². The molecule has 6 nitrogen and oxygen atoms in total. The molecule has 9 heteroatoms. The van der Waals surface area contributed by atoms with Crippen molar-refractivity contribution in [1.29, 1.82) is 0 Å². The minimum absolute atomic E-state index is 0.158. The maximum atomic E-state index is 13.3. The summed E-state index contributed by atoms with van der Waals surface area (Å²) in [5, 5.41) is 5.09. The molecule has 0 bridgehead atoms. The maximum Gasteiger partial charge on any atom is 0.449 e. The summed E-state index contributed by atoms with van der Waals surface area (Å²) < 4.78 is 40.7. The molecule has 3 aromatic rings. The number of alkyl halides is 3. The highest BCUT2D eigenvalue weighted by atomic mass is 19.4. The summed E-state index contributed by atoms with van der Waals surface area (Å²) in [6.07, 6.45) is -4.69. The van der Waals surface area contributed by atoms with Crippen molar-refractivity contribution in [3.05, 3.63) is 54.4 Å². The van der Waals surface area contributed by atoms with Gasteiger partial charge in [-0.3, -0.25) is 9.59 Å². The summed E-state index contributed by atoms with van der Waals surface area (Å²) in [7, 11) is 0. The number of aromatic nitrogens is 2. The molecule has 0 aliphatic rings. The summed E-state index contributed by atoms with van der Waals surface area (Å²) in [6.45, 7) is 0.786. The average Bonchev–Trinajstić information content (AvgIpc) is 2.93. The zero-order valence-electron chi connectivity index (χ0n) is 14.2. The molecule has 2 N–H and O–H groups in total. The molecule has 0 atom stereocenters. The van der Waals surface area contributed by atoms with E-state index in [1.54, 1.807) is 30.3 Å². The van der Waals surface area contributed by atoms with Gasteiger partial charge in [0.1, 0.15) is 6.54 Å². The van der Waals surface area contributed by atoms with E-state index in [4.69, 9.17) is 0 Å². The number of amides is 2. The third-order valence-electron chi connectivity index (χ3n) is 3.68. The normalized spacial score (nSPS) is 11.4. The highest BCUT2D eigenvalue weighted by Crippen LogP contribution is 2.31. The molecular weight excluding hydrogens is 361 g/mol. The zero-order valence-corrected chi connectivity index (χ0v) is 14.2. The lowest BCUT2D eigenvalue weighted by molar-refractivity contribution is -0.147. The Morgan fingerprint density at radius 1 is 1.04 bits per heavy atom. The van der Waals surface area contributed by atoms with Crippen LogP contribution in [0.3, 0.4) is 0 Å². The Bertz CT molecular complexity index is 1010. The van der Waals surface area contributed by atoms with Crippen LogP contribution in [0.25, 0.3) is 11.0 Å². The second-order valence-electron chi connectivity index (χ2n) is 5.82. The minimum atomic E-state index is -4.69. The fraction of sp³-hybridized carbons (Fsp3) is 0.167. The van der Waals surface area contributed by atoms with Crippen molar-refractivity contribution >= 4 is 34.2 Å². The predicted octanol–water partition coefficient (Wildman–Crippen LogP) is 3.65. The fourth-order valence-electron chi connectivity index (χ4n) is 2.67. The van der Waals surface area contributed by atoms with E-state index in [0.717, 1.165) is 4.57 Å². The Morgan fingerprint density at radius 2 is 1.70 bits per heavy atom. The van der Waals surface area contributed by atoms with E-state index >= 15 is 0 Å². The SMILES string of the molecule is CC(=O)Nc1cccc(NC(=O)Cn2c(C(F)(F)F)nc3ccccc32)c1. The number of nitrogens with zero attached hydrogens (tertiary/aromatic N) is 2. The number of benzene rings is 2. The second-order valence-corrected chi connectivity index (χ2v) is 5.82. The van der Waals surface area contributed by atoms with E-state index in [1.165, 1.54) is 25.1 Å². The van der Waals surface area contributed by atoms with E-state index < -0.39 is 24.5 Å². The lowest BCUT2D eigenvalue weighted by atomic mass is 10.2. The summed E-state index contributed by atoms with van der Waals surface area (Å²) in [4.78, 5) is 27.0. The van der Waals surface area contributed by atoms with E-state index in [1.807, 2.05) is 0 Å². The summed E-state index contributed by atoms with van der Waals surface area (Å²) in [5.41, 5.74) is 1.19. The molecule has 0 radical (unpaired) electrons. The smallest absolute Gasteiger partial charge is 0.326 e. The van der Waals surface area contributed by atoms with Crippen LogP contribution >= 0.6 is 0 Å². The Labute approximate surface area is 152 Å². The van der Waals surface area contributed by atoms with Crippen LogP contribution in [0.2, 0.25) is 0 Å². The van der Waals surface area contributed by atoms with Gasteiger partial charge in [-0.15, -0.1) is 0 Å².